The highest BCUT2D eigenvalue weighted by Gasteiger charge is 2.43. The van der Waals surface area contributed by atoms with E-state index in [-0.39, 0.29) is 16.6 Å². The minimum atomic E-state index is -1.24. The maximum atomic E-state index is 11.5. The minimum Gasteiger partial charge on any atom is -0.394 e. The lowest BCUT2D eigenvalue weighted by atomic mass is 10.1. The summed E-state index contributed by atoms with van der Waals surface area (Å²) in [5, 5.41) is 32.8. The van der Waals surface area contributed by atoms with Crippen LogP contribution in [0.4, 0.5) is 0 Å². The number of nitrogens with one attached hydrogen (secondary N) is 1. The van der Waals surface area contributed by atoms with Crippen LogP contribution >= 0.6 is 0 Å². The predicted octanol–water partition coefficient (Wildman–Crippen LogP) is -2.27. The number of hydrogen-bond donors (Lipinski definition) is 4. The Hall–Kier alpha value is -1.81. The van der Waals surface area contributed by atoms with E-state index in [1.54, 1.807) is 0 Å². The first-order valence-electron chi connectivity index (χ1n) is 5.67. The van der Waals surface area contributed by atoms with Crippen molar-refractivity contribution < 1.29 is 20.1 Å². The molecule has 19 heavy (non-hydrogen) atoms. The van der Waals surface area contributed by atoms with E-state index >= 15 is 0 Å². The second-order valence-corrected chi connectivity index (χ2v) is 4.31. The third-order valence-corrected chi connectivity index (χ3v) is 3.12. The van der Waals surface area contributed by atoms with Gasteiger partial charge in [-0.3, -0.25) is 4.79 Å². The molecule has 4 N–H and O–H groups in total. The second-order valence-electron chi connectivity index (χ2n) is 4.31. The Morgan fingerprint density at radius 2 is 2.21 bits per heavy atom. The second kappa shape index (κ2) is 4.38. The number of nitrogens with zero attached hydrogens (tertiary/aromatic N) is 3. The molecule has 0 saturated carbocycles. The van der Waals surface area contributed by atoms with Crippen molar-refractivity contribution in [1.82, 2.24) is 19.7 Å². The molecule has 9 nitrogen and oxygen atoms in total. The Kier molecular flexibility index (Phi) is 2.82. The number of aliphatic hydroxyl groups is 3. The average molecular weight is 268 g/mol. The Labute approximate surface area is 106 Å². The Morgan fingerprint density at radius 1 is 1.42 bits per heavy atom. The zero-order valence-corrected chi connectivity index (χ0v) is 9.67. The highest BCUT2D eigenvalue weighted by molar-refractivity contribution is 5.72. The number of aromatic amines is 1. The van der Waals surface area contributed by atoms with Crippen LogP contribution < -0.4 is 5.56 Å². The summed E-state index contributed by atoms with van der Waals surface area (Å²) in [4.78, 5) is 17.8. The normalized spacial score (nSPS) is 31.1. The fraction of sp³-hybridized carbons (Fsp3) is 0.500. The Balaban J connectivity index is 2.01. The maximum Gasteiger partial charge on any atom is 0.261 e. The fourth-order valence-electron chi connectivity index (χ4n) is 2.10. The van der Waals surface area contributed by atoms with E-state index in [2.05, 4.69) is 15.1 Å². The Bertz CT molecular complexity index is 653. The average Bonchev–Trinajstić information content (AvgIpc) is 2.94. The molecule has 1 aliphatic heterocycles. The van der Waals surface area contributed by atoms with Crippen LogP contribution in [0.3, 0.4) is 0 Å². The molecule has 102 valence electrons. The molecule has 1 saturated heterocycles. The fourth-order valence-corrected chi connectivity index (χ4v) is 2.10. The van der Waals surface area contributed by atoms with E-state index < -0.39 is 31.1 Å². The number of fused-ring (bicyclic) bond motifs is 1. The molecule has 1 fully saturated rings. The van der Waals surface area contributed by atoms with Gasteiger partial charge in [0.2, 0.25) is 0 Å². The molecule has 0 aromatic carbocycles. The zero-order chi connectivity index (χ0) is 13.6. The topological polar surface area (TPSA) is 133 Å². The number of hydrogen-bond acceptors (Lipinski definition) is 7. The van der Waals surface area contributed by atoms with Gasteiger partial charge in [-0.2, -0.15) is 0 Å². The molecule has 2 aromatic rings. The van der Waals surface area contributed by atoms with Crippen LogP contribution in [0.15, 0.2) is 17.3 Å². The van der Waals surface area contributed by atoms with E-state index in [1.165, 1.54) is 17.2 Å². The molecule has 0 spiro atoms. The summed E-state index contributed by atoms with van der Waals surface area (Å²) in [5.41, 5.74) is -0.149. The van der Waals surface area contributed by atoms with Crippen molar-refractivity contribution in [2.75, 3.05) is 6.61 Å². The number of aromatic nitrogens is 4. The summed E-state index contributed by atoms with van der Waals surface area (Å²) in [6, 6.07) is 0. The van der Waals surface area contributed by atoms with Crippen LogP contribution in [-0.4, -0.2) is 60.0 Å². The molecule has 3 rings (SSSR count). The quantitative estimate of drug-likeness (QED) is 0.482. The van der Waals surface area contributed by atoms with Gasteiger partial charge in [0.25, 0.3) is 5.56 Å². The number of H-pyrrole nitrogens is 1. The molecule has 0 bridgehead atoms. The minimum absolute atomic E-state index is 0.210. The molecule has 2 aromatic heterocycles. The van der Waals surface area contributed by atoms with Crippen molar-refractivity contribution in [3.8, 4) is 0 Å². The van der Waals surface area contributed by atoms with Gasteiger partial charge in [-0.25, -0.2) is 9.67 Å². The lowest BCUT2D eigenvalue weighted by molar-refractivity contribution is -0.0583. The highest BCUT2D eigenvalue weighted by Crippen LogP contribution is 2.29. The lowest BCUT2D eigenvalue weighted by Gasteiger charge is -2.14. The summed E-state index contributed by atoms with van der Waals surface area (Å²) >= 11 is 0. The maximum absolute atomic E-state index is 11.5. The summed E-state index contributed by atoms with van der Waals surface area (Å²) in [7, 11) is 0. The van der Waals surface area contributed by atoms with E-state index in [0.717, 1.165) is 0 Å². The van der Waals surface area contributed by atoms with Crippen LogP contribution in [0.5, 0.6) is 0 Å². The summed E-state index contributed by atoms with van der Waals surface area (Å²) in [6.45, 7) is -0.422. The third kappa shape index (κ3) is 1.83. The third-order valence-electron chi connectivity index (χ3n) is 3.12. The summed E-state index contributed by atoms with van der Waals surface area (Å²) in [6.07, 6.45) is -1.72. The van der Waals surface area contributed by atoms with Gasteiger partial charge in [0, 0.05) is 6.20 Å². The predicted molar refractivity (Wildman–Crippen MR) is 61.2 cm³/mol. The van der Waals surface area contributed by atoms with Crippen molar-refractivity contribution >= 4 is 11.0 Å². The monoisotopic (exact) mass is 268 g/mol. The van der Waals surface area contributed by atoms with Crippen molar-refractivity contribution in [3.05, 3.63) is 22.9 Å². The smallest absolute Gasteiger partial charge is 0.261 e. The Morgan fingerprint density at radius 3 is 2.84 bits per heavy atom. The standard InChI is InChI=1S/C10H12N4O5/c15-2-5-6(16)7(17)10(19-5)14-1-4-8(13-14)11-3-12-9(4)18/h1,3,5-7,10,15-17H,2H2,(H,11,12,13,18)/t5-,6+,7-,10-/m0/s1. The van der Waals surface area contributed by atoms with Gasteiger partial charge in [0.1, 0.15) is 23.7 Å². The SMILES string of the molecule is O=c1[nH]cnc2nn([C@H]3O[C@@H](CO)[C@@H](O)[C@@H]3O)cc12. The van der Waals surface area contributed by atoms with Crippen molar-refractivity contribution in [2.24, 2.45) is 0 Å². The largest absolute Gasteiger partial charge is 0.394 e. The van der Waals surface area contributed by atoms with Gasteiger partial charge in [0.15, 0.2) is 11.9 Å². The van der Waals surface area contributed by atoms with Gasteiger partial charge in [-0.15, -0.1) is 5.10 Å². The van der Waals surface area contributed by atoms with Gasteiger partial charge in [-0.1, -0.05) is 0 Å². The van der Waals surface area contributed by atoms with Crippen molar-refractivity contribution in [1.29, 1.82) is 0 Å². The van der Waals surface area contributed by atoms with Crippen LogP contribution in [0.2, 0.25) is 0 Å². The van der Waals surface area contributed by atoms with Crippen molar-refractivity contribution in [3.63, 3.8) is 0 Å². The zero-order valence-electron chi connectivity index (χ0n) is 9.67. The first-order chi connectivity index (χ1) is 9.11. The van der Waals surface area contributed by atoms with Crippen LogP contribution in [0.1, 0.15) is 6.23 Å². The molecule has 4 atom stereocenters. The molecule has 3 heterocycles. The van der Waals surface area contributed by atoms with Gasteiger partial charge >= 0.3 is 0 Å². The lowest BCUT2D eigenvalue weighted by Crippen LogP contribution is -2.33. The van der Waals surface area contributed by atoms with Crippen molar-refractivity contribution in [2.45, 2.75) is 24.5 Å². The van der Waals surface area contributed by atoms with E-state index in [1.807, 2.05) is 0 Å². The molecule has 0 radical (unpaired) electrons. The molecule has 0 unspecified atom stereocenters. The highest BCUT2D eigenvalue weighted by atomic mass is 16.6. The number of ether oxygens (including phenoxy) is 1. The van der Waals surface area contributed by atoms with Gasteiger partial charge < -0.3 is 25.0 Å². The molecule has 0 aliphatic carbocycles. The molecular formula is C10H12N4O5. The summed E-state index contributed by atoms with van der Waals surface area (Å²) < 4.78 is 6.52. The van der Waals surface area contributed by atoms with E-state index in [0.29, 0.717) is 0 Å². The summed E-state index contributed by atoms with van der Waals surface area (Å²) in [5.74, 6) is 0. The molecular weight excluding hydrogens is 256 g/mol. The first kappa shape index (κ1) is 12.2. The first-order valence-corrected chi connectivity index (χ1v) is 5.67. The van der Waals surface area contributed by atoms with E-state index in [4.69, 9.17) is 9.84 Å². The number of aliphatic hydroxyl groups excluding tert-OH is 3. The van der Waals surface area contributed by atoms with Gasteiger partial charge in [0.05, 0.1) is 12.9 Å². The van der Waals surface area contributed by atoms with E-state index in [9.17, 15) is 15.0 Å². The molecule has 9 heteroatoms. The van der Waals surface area contributed by atoms with Crippen LogP contribution in [0, 0.1) is 0 Å². The van der Waals surface area contributed by atoms with Crippen LogP contribution in [0.25, 0.3) is 11.0 Å². The van der Waals surface area contributed by atoms with Gasteiger partial charge in [-0.05, 0) is 0 Å². The van der Waals surface area contributed by atoms with Crippen LogP contribution in [-0.2, 0) is 4.74 Å². The number of rotatable bonds is 2. The molecule has 0 amide bonds. The molecule has 1 aliphatic rings.